The van der Waals surface area contributed by atoms with Gasteiger partial charge in [0.15, 0.2) is 0 Å². The maximum absolute atomic E-state index is 14.2. The third kappa shape index (κ3) is 6.93. The predicted molar refractivity (Wildman–Crippen MR) is 94.9 cm³/mol. The van der Waals surface area contributed by atoms with Gasteiger partial charge in [-0.05, 0) is 18.4 Å². The number of aliphatic hydroxyl groups excluding tert-OH is 1. The SMILES string of the molecule is Cc1ccc([C@H](N)C(=O)N[C@@H](C(C)C)[C@@H](O)C(F)(F)C(=O)NCC(F)(F)F)cc1. The number of nitrogens with two attached hydrogens (primary N) is 1. The molecule has 0 aliphatic carbocycles. The average Bonchev–Trinajstić information content (AvgIpc) is 2.62. The quantitative estimate of drug-likeness (QED) is 0.477. The number of amides is 2. The number of benzene rings is 1. The highest BCUT2D eigenvalue weighted by Gasteiger charge is 2.51. The molecule has 0 heterocycles. The molecule has 0 spiro atoms. The Hall–Kier alpha value is -2.27. The number of carbonyl (C=O) groups excluding carboxylic acids is 2. The zero-order valence-corrected chi connectivity index (χ0v) is 16.1. The summed E-state index contributed by atoms with van der Waals surface area (Å²) in [5.41, 5.74) is 7.11. The molecule has 3 atom stereocenters. The number of rotatable bonds is 8. The van der Waals surface area contributed by atoms with Crippen LogP contribution in [0.25, 0.3) is 0 Å². The van der Waals surface area contributed by atoms with Crippen LogP contribution in [0.1, 0.15) is 31.0 Å². The molecule has 11 heteroatoms. The monoisotopic (exact) mass is 425 g/mol. The number of alkyl halides is 5. The fourth-order valence-corrected chi connectivity index (χ4v) is 2.45. The van der Waals surface area contributed by atoms with Crippen molar-refractivity contribution in [3.63, 3.8) is 0 Å². The summed E-state index contributed by atoms with van der Waals surface area (Å²) in [6, 6.07) is 3.63. The van der Waals surface area contributed by atoms with Crippen LogP contribution in [-0.2, 0) is 9.59 Å². The Bertz CT molecular complexity index is 708. The lowest BCUT2D eigenvalue weighted by Gasteiger charge is -2.32. The van der Waals surface area contributed by atoms with E-state index in [-0.39, 0.29) is 0 Å². The maximum Gasteiger partial charge on any atom is 0.405 e. The van der Waals surface area contributed by atoms with Gasteiger partial charge in [-0.15, -0.1) is 0 Å². The smallest absolute Gasteiger partial charge is 0.384 e. The van der Waals surface area contributed by atoms with Gasteiger partial charge < -0.3 is 21.5 Å². The molecule has 0 unspecified atom stereocenters. The predicted octanol–water partition coefficient (Wildman–Crippen LogP) is 1.81. The van der Waals surface area contributed by atoms with E-state index in [1.54, 1.807) is 24.3 Å². The average molecular weight is 425 g/mol. The van der Waals surface area contributed by atoms with Crippen LogP contribution in [0.5, 0.6) is 0 Å². The summed E-state index contributed by atoms with van der Waals surface area (Å²) in [5, 5.41) is 13.2. The van der Waals surface area contributed by atoms with Crippen molar-refractivity contribution < 1.29 is 36.6 Å². The summed E-state index contributed by atoms with van der Waals surface area (Å²) in [6.07, 6.45) is -7.67. The van der Waals surface area contributed by atoms with Crippen molar-refractivity contribution in [1.29, 1.82) is 0 Å². The molecule has 0 bridgehead atoms. The molecule has 1 rings (SSSR count). The highest BCUT2D eigenvalue weighted by molar-refractivity contribution is 5.85. The number of hydrogen-bond donors (Lipinski definition) is 4. The largest absolute Gasteiger partial charge is 0.405 e. The number of aliphatic hydroxyl groups is 1. The molecular formula is C18H24F5N3O3. The lowest BCUT2D eigenvalue weighted by molar-refractivity contribution is -0.174. The number of halogens is 5. The molecule has 0 aromatic heterocycles. The van der Waals surface area contributed by atoms with Gasteiger partial charge in [0.2, 0.25) is 5.91 Å². The van der Waals surface area contributed by atoms with Crippen molar-refractivity contribution in [3.05, 3.63) is 35.4 Å². The lowest BCUT2D eigenvalue weighted by atomic mass is 9.93. The minimum absolute atomic E-state index is 0.389. The van der Waals surface area contributed by atoms with Crippen molar-refractivity contribution in [2.75, 3.05) is 6.54 Å². The van der Waals surface area contributed by atoms with Crippen molar-refractivity contribution in [2.45, 2.75) is 51.1 Å². The van der Waals surface area contributed by atoms with Gasteiger partial charge in [-0.2, -0.15) is 22.0 Å². The molecule has 164 valence electrons. The fourth-order valence-electron chi connectivity index (χ4n) is 2.45. The van der Waals surface area contributed by atoms with E-state index in [0.717, 1.165) is 10.9 Å². The number of hydrogen-bond acceptors (Lipinski definition) is 4. The lowest BCUT2D eigenvalue weighted by Crippen LogP contribution is -2.60. The number of aryl methyl sites for hydroxylation is 1. The Morgan fingerprint density at radius 2 is 1.62 bits per heavy atom. The van der Waals surface area contributed by atoms with Crippen molar-refractivity contribution in [3.8, 4) is 0 Å². The van der Waals surface area contributed by atoms with Gasteiger partial charge in [0, 0.05) is 0 Å². The molecule has 1 aromatic carbocycles. The normalized spacial score (nSPS) is 15.6. The molecular weight excluding hydrogens is 401 g/mol. The van der Waals surface area contributed by atoms with Gasteiger partial charge in [-0.25, -0.2) is 0 Å². The molecule has 0 aliphatic rings. The van der Waals surface area contributed by atoms with Gasteiger partial charge in [0.25, 0.3) is 5.91 Å². The van der Waals surface area contributed by atoms with Crippen LogP contribution < -0.4 is 16.4 Å². The van der Waals surface area contributed by atoms with E-state index in [1.165, 1.54) is 13.8 Å². The molecule has 6 nitrogen and oxygen atoms in total. The Labute approximate surface area is 164 Å². The van der Waals surface area contributed by atoms with Crippen LogP contribution in [0.2, 0.25) is 0 Å². The molecule has 0 aliphatic heterocycles. The first kappa shape index (κ1) is 24.8. The second-order valence-electron chi connectivity index (χ2n) is 7.03. The molecule has 1 aromatic rings. The Balaban J connectivity index is 2.93. The number of carbonyl (C=O) groups is 2. The summed E-state index contributed by atoms with van der Waals surface area (Å²) in [5.74, 6) is -8.56. The zero-order valence-electron chi connectivity index (χ0n) is 16.1. The topological polar surface area (TPSA) is 104 Å². The van der Waals surface area contributed by atoms with Crippen LogP contribution in [-0.4, -0.2) is 47.7 Å². The first-order valence-electron chi connectivity index (χ1n) is 8.70. The molecule has 0 fully saturated rings. The van der Waals surface area contributed by atoms with Crippen molar-refractivity contribution in [2.24, 2.45) is 11.7 Å². The van der Waals surface area contributed by atoms with Crippen molar-refractivity contribution in [1.82, 2.24) is 10.6 Å². The second-order valence-corrected chi connectivity index (χ2v) is 7.03. The zero-order chi connectivity index (χ0) is 22.6. The van der Waals surface area contributed by atoms with Crippen LogP contribution in [0.3, 0.4) is 0 Å². The Kier molecular flexibility index (Phi) is 8.10. The summed E-state index contributed by atoms with van der Waals surface area (Å²) < 4.78 is 64.8. The summed E-state index contributed by atoms with van der Waals surface area (Å²) in [7, 11) is 0. The highest BCUT2D eigenvalue weighted by Crippen LogP contribution is 2.26. The second kappa shape index (κ2) is 9.49. The van der Waals surface area contributed by atoms with Crippen LogP contribution in [0, 0.1) is 12.8 Å². The molecule has 29 heavy (non-hydrogen) atoms. The maximum atomic E-state index is 14.2. The van der Waals surface area contributed by atoms with E-state index < -0.39 is 54.6 Å². The van der Waals surface area contributed by atoms with E-state index in [1.807, 2.05) is 6.92 Å². The van der Waals surface area contributed by atoms with Gasteiger partial charge in [-0.1, -0.05) is 43.7 Å². The van der Waals surface area contributed by atoms with Gasteiger partial charge in [0.1, 0.15) is 18.7 Å². The van der Waals surface area contributed by atoms with Crippen molar-refractivity contribution >= 4 is 11.8 Å². The molecule has 0 saturated heterocycles. The van der Waals surface area contributed by atoms with E-state index in [4.69, 9.17) is 5.73 Å². The summed E-state index contributed by atoms with van der Waals surface area (Å²) in [4.78, 5) is 23.9. The summed E-state index contributed by atoms with van der Waals surface area (Å²) in [6.45, 7) is 2.60. The minimum Gasteiger partial charge on any atom is -0.384 e. The van der Waals surface area contributed by atoms with Gasteiger partial charge in [0.05, 0.1) is 6.04 Å². The van der Waals surface area contributed by atoms with Crippen LogP contribution >= 0.6 is 0 Å². The van der Waals surface area contributed by atoms with E-state index in [0.29, 0.717) is 5.56 Å². The molecule has 2 amide bonds. The third-order valence-corrected chi connectivity index (χ3v) is 4.21. The van der Waals surface area contributed by atoms with E-state index in [9.17, 15) is 36.6 Å². The molecule has 0 radical (unpaired) electrons. The van der Waals surface area contributed by atoms with Gasteiger partial charge >= 0.3 is 12.1 Å². The molecule has 5 N–H and O–H groups in total. The van der Waals surface area contributed by atoms with E-state index in [2.05, 4.69) is 5.32 Å². The highest BCUT2D eigenvalue weighted by atomic mass is 19.4. The van der Waals surface area contributed by atoms with Crippen LogP contribution in [0.15, 0.2) is 24.3 Å². The summed E-state index contributed by atoms with van der Waals surface area (Å²) >= 11 is 0. The van der Waals surface area contributed by atoms with Gasteiger partial charge in [-0.3, -0.25) is 9.59 Å². The third-order valence-electron chi connectivity index (χ3n) is 4.21. The Morgan fingerprint density at radius 3 is 2.07 bits per heavy atom. The first-order valence-corrected chi connectivity index (χ1v) is 8.70. The molecule has 0 saturated carbocycles. The Morgan fingerprint density at radius 1 is 1.10 bits per heavy atom. The fraction of sp³-hybridized carbons (Fsp3) is 0.556. The standard InChI is InChI=1S/C18H24F5N3O3/c1-9(2)13(14(27)18(22,23)16(29)25-8-17(19,20)21)26-15(28)12(24)11-6-4-10(3)5-7-11/h4-7,9,12-14,27H,8,24H2,1-3H3,(H,25,29)(H,26,28)/t12-,13-,14+/m0/s1. The van der Waals surface area contributed by atoms with E-state index >= 15 is 0 Å². The van der Waals surface area contributed by atoms with Crippen LogP contribution in [0.4, 0.5) is 22.0 Å². The number of nitrogens with one attached hydrogen (secondary N) is 2. The minimum atomic E-state index is -4.90. The first-order chi connectivity index (χ1) is 13.2.